The van der Waals surface area contributed by atoms with Crippen molar-refractivity contribution in [1.29, 1.82) is 0 Å². The van der Waals surface area contributed by atoms with E-state index in [1.807, 2.05) is 6.07 Å². The second kappa shape index (κ2) is 7.00. The van der Waals surface area contributed by atoms with Gasteiger partial charge in [0.25, 0.3) is 0 Å². The predicted molar refractivity (Wildman–Crippen MR) is 94.4 cm³/mol. The number of aromatic nitrogens is 4. The van der Waals surface area contributed by atoms with Crippen LogP contribution < -0.4 is 0 Å². The first-order valence-corrected chi connectivity index (χ1v) is 8.83. The summed E-state index contributed by atoms with van der Waals surface area (Å²) >= 11 is 0. The molecule has 25 heavy (non-hydrogen) atoms. The molecule has 3 heterocycles. The van der Waals surface area contributed by atoms with Crippen LogP contribution in [-0.4, -0.2) is 49.0 Å². The molecule has 0 amide bonds. The van der Waals surface area contributed by atoms with Crippen molar-refractivity contribution < 1.29 is 9.90 Å². The van der Waals surface area contributed by atoms with Crippen LogP contribution in [0.15, 0.2) is 18.3 Å². The van der Waals surface area contributed by atoms with Crippen LogP contribution in [0.3, 0.4) is 0 Å². The minimum absolute atomic E-state index is 0.0442. The molecule has 1 atom stereocenters. The van der Waals surface area contributed by atoms with Gasteiger partial charge in [-0.1, -0.05) is 20.8 Å². The highest BCUT2D eigenvalue weighted by Crippen LogP contribution is 2.28. The smallest absolute Gasteiger partial charge is 0.325 e. The Morgan fingerprint density at radius 2 is 2.24 bits per heavy atom. The quantitative estimate of drug-likeness (QED) is 0.869. The van der Waals surface area contributed by atoms with Crippen molar-refractivity contribution in [3.8, 4) is 0 Å². The van der Waals surface area contributed by atoms with Gasteiger partial charge in [0, 0.05) is 42.0 Å². The van der Waals surface area contributed by atoms with Gasteiger partial charge in [-0.15, -0.1) is 0 Å². The number of carboxylic acid groups (broad SMARTS) is 1. The Morgan fingerprint density at radius 3 is 2.92 bits per heavy atom. The van der Waals surface area contributed by atoms with Crippen LogP contribution in [0, 0.1) is 0 Å². The summed E-state index contributed by atoms with van der Waals surface area (Å²) in [4.78, 5) is 13.4. The van der Waals surface area contributed by atoms with Crippen LogP contribution in [-0.2, 0) is 23.3 Å². The van der Waals surface area contributed by atoms with Gasteiger partial charge >= 0.3 is 5.97 Å². The number of piperidine rings is 1. The number of hydrogen-bond acceptors (Lipinski definition) is 4. The second-order valence-electron chi connectivity index (χ2n) is 7.91. The molecule has 0 saturated carbocycles. The first-order valence-electron chi connectivity index (χ1n) is 8.83. The highest BCUT2D eigenvalue weighted by molar-refractivity contribution is 5.66. The van der Waals surface area contributed by atoms with Crippen LogP contribution in [0.2, 0.25) is 0 Å². The Labute approximate surface area is 148 Å². The monoisotopic (exact) mass is 345 g/mol. The lowest BCUT2D eigenvalue weighted by Crippen LogP contribution is -2.35. The number of aromatic amines is 1. The number of likely N-dealkylation sites (tertiary alicyclic amines) is 1. The molecule has 3 rings (SSSR count). The molecule has 0 unspecified atom stereocenters. The molecule has 0 aromatic carbocycles. The number of carboxylic acids is 1. The maximum Gasteiger partial charge on any atom is 0.325 e. The summed E-state index contributed by atoms with van der Waals surface area (Å²) in [5.41, 5.74) is 3.27. The Bertz CT molecular complexity index is 728. The highest BCUT2D eigenvalue weighted by Gasteiger charge is 2.25. The zero-order valence-electron chi connectivity index (χ0n) is 15.2. The zero-order valence-corrected chi connectivity index (χ0v) is 15.2. The number of rotatable bonds is 5. The Kier molecular flexibility index (Phi) is 4.94. The van der Waals surface area contributed by atoms with E-state index in [2.05, 4.69) is 47.0 Å². The molecule has 0 bridgehead atoms. The molecule has 136 valence electrons. The third-order valence-electron chi connectivity index (χ3n) is 4.75. The molecular weight excluding hydrogens is 318 g/mol. The van der Waals surface area contributed by atoms with E-state index in [0.717, 1.165) is 49.6 Å². The largest absolute Gasteiger partial charge is 0.480 e. The average Bonchev–Trinajstić information content (AvgIpc) is 3.16. The first-order chi connectivity index (χ1) is 11.8. The van der Waals surface area contributed by atoms with Crippen LogP contribution in [0.25, 0.3) is 0 Å². The molecule has 1 aliphatic heterocycles. The van der Waals surface area contributed by atoms with Gasteiger partial charge in [-0.05, 0) is 31.5 Å². The first kappa shape index (κ1) is 17.7. The van der Waals surface area contributed by atoms with Crippen molar-refractivity contribution in [3.05, 3.63) is 35.4 Å². The third kappa shape index (κ3) is 4.28. The Morgan fingerprint density at radius 1 is 1.44 bits per heavy atom. The minimum Gasteiger partial charge on any atom is -0.480 e. The summed E-state index contributed by atoms with van der Waals surface area (Å²) in [5, 5.41) is 20.8. The van der Waals surface area contributed by atoms with Crippen molar-refractivity contribution >= 4 is 5.97 Å². The number of carbonyl (C=O) groups is 1. The lowest BCUT2D eigenvalue weighted by atomic mass is 9.92. The van der Waals surface area contributed by atoms with Crippen molar-refractivity contribution in [2.45, 2.75) is 58.0 Å². The molecule has 0 radical (unpaired) electrons. The van der Waals surface area contributed by atoms with Crippen molar-refractivity contribution in [1.82, 2.24) is 24.9 Å². The molecule has 7 heteroatoms. The summed E-state index contributed by atoms with van der Waals surface area (Å²) in [6, 6.07) is 4.10. The van der Waals surface area contributed by atoms with E-state index in [4.69, 9.17) is 5.11 Å². The Hall–Kier alpha value is -2.15. The SMILES string of the molecule is CC(C)(C)c1cc(CN2CCC[C@@H](c3ccnn3CC(=O)O)C2)[nH]n1. The fraction of sp³-hybridized carbons (Fsp3) is 0.611. The van der Waals surface area contributed by atoms with E-state index >= 15 is 0 Å². The lowest BCUT2D eigenvalue weighted by molar-refractivity contribution is -0.137. The van der Waals surface area contributed by atoms with E-state index < -0.39 is 5.97 Å². The van der Waals surface area contributed by atoms with E-state index in [0.29, 0.717) is 5.92 Å². The Balaban J connectivity index is 1.66. The molecule has 0 aliphatic carbocycles. The topological polar surface area (TPSA) is 87.0 Å². The van der Waals surface area contributed by atoms with Crippen molar-refractivity contribution in [3.63, 3.8) is 0 Å². The number of hydrogen-bond donors (Lipinski definition) is 2. The molecule has 2 N–H and O–H groups in total. The number of nitrogens with one attached hydrogen (secondary N) is 1. The van der Waals surface area contributed by atoms with Gasteiger partial charge in [0.2, 0.25) is 0 Å². The predicted octanol–water partition coefficient (Wildman–Crippen LogP) is 2.37. The number of aliphatic carboxylic acids is 1. The van der Waals surface area contributed by atoms with E-state index in [9.17, 15) is 4.79 Å². The van der Waals surface area contributed by atoms with Crippen LogP contribution in [0.1, 0.15) is 56.6 Å². The molecule has 2 aromatic rings. The maximum absolute atomic E-state index is 11.0. The van der Waals surface area contributed by atoms with Crippen LogP contribution >= 0.6 is 0 Å². The van der Waals surface area contributed by atoms with E-state index in [1.165, 1.54) is 0 Å². The summed E-state index contributed by atoms with van der Waals surface area (Å²) in [6.45, 7) is 9.21. The molecule has 2 aromatic heterocycles. The number of nitrogens with zero attached hydrogens (tertiary/aromatic N) is 4. The molecule has 0 spiro atoms. The van der Waals surface area contributed by atoms with Crippen LogP contribution in [0.4, 0.5) is 0 Å². The molecular formula is C18H27N5O2. The van der Waals surface area contributed by atoms with Gasteiger partial charge in [-0.25, -0.2) is 0 Å². The fourth-order valence-corrected chi connectivity index (χ4v) is 3.46. The maximum atomic E-state index is 11.0. The standard InChI is InChI=1S/C18H27N5O2/c1-18(2,3)16-9-14(20-21-16)11-22-8-4-5-13(10-22)15-6-7-19-23(15)12-17(24)25/h6-7,9,13H,4-5,8,10-12H2,1-3H3,(H,20,21)(H,24,25)/t13-/m1/s1. The van der Waals surface area contributed by atoms with Gasteiger partial charge in [-0.2, -0.15) is 10.2 Å². The van der Waals surface area contributed by atoms with Gasteiger partial charge in [-0.3, -0.25) is 19.5 Å². The lowest BCUT2D eigenvalue weighted by Gasteiger charge is -2.32. The van der Waals surface area contributed by atoms with Crippen molar-refractivity contribution in [2.24, 2.45) is 0 Å². The van der Waals surface area contributed by atoms with Gasteiger partial charge < -0.3 is 5.11 Å². The highest BCUT2D eigenvalue weighted by atomic mass is 16.4. The minimum atomic E-state index is -0.857. The molecule has 1 fully saturated rings. The summed E-state index contributed by atoms with van der Waals surface area (Å²) in [7, 11) is 0. The third-order valence-corrected chi connectivity index (χ3v) is 4.75. The normalized spacial score (nSPS) is 19.2. The van der Waals surface area contributed by atoms with Gasteiger partial charge in [0.1, 0.15) is 6.54 Å². The van der Waals surface area contributed by atoms with Crippen molar-refractivity contribution in [2.75, 3.05) is 13.1 Å². The van der Waals surface area contributed by atoms with Gasteiger partial charge in [0.15, 0.2) is 0 Å². The zero-order chi connectivity index (χ0) is 18.0. The molecule has 1 saturated heterocycles. The van der Waals surface area contributed by atoms with Gasteiger partial charge in [0.05, 0.1) is 5.69 Å². The summed E-state index contributed by atoms with van der Waals surface area (Å²) in [6.07, 6.45) is 3.86. The van der Waals surface area contributed by atoms with Crippen LogP contribution in [0.5, 0.6) is 0 Å². The summed E-state index contributed by atoms with van der Waals surface area (Å²) in [5.74, 6) is -0.537. The molecule has 7 nitrogen and oxygen atoms in total. The van der Waals surface area contributed by atoms with E-state index in [1.54, 1.807) is 10.9 Å². The van der Waals surface area contributed by atoms with E-state index in [-0.39, 0.29) is 12.0 Å². The summed E-state index contributed by atoms with van der Waals surface area (Å²) < 4.78 is 1.62. The second-order valence-corrected chi connectivity index (χ2v) is 7.91. The molecule has 1 aliphatic rings. The average molecular weight is 345 g/mol. The number of H-pyrrole nitrogens is 1. The fourth-order valence-electron chi connectivity index (χ4n) is 3.46.